The number of rotatable bonds is 4. The Morgan fingerprint density at radius 1 is 0.963 bits per heavy atom. The molecule has 27 heavy (non-hydrogen) atoms. The molecule has 1 unspecified atom stereocenters. The molecule has 1 aliphatic rings. The summed E-state index contributed by atoms with van der Waals surface area (Å²) in [6.07, 6.45) is 4.20. The average molecular weight is 443 g/mol. The van der Waals surface area contributed by atoms with Crippen molar-refractivity contribution in [2.24, 2.45) is 17.4 Å². The molecular weight excluding hydrogens is 425 g/mol. The van der Waals surface area contributed by atoms with Crippen LogP contribution in [0.2, 0.25) is 0 Å². The third-order valence-electron chi connectivity index (χ3n) is 3.84. The molecule has 0 heterocycles. The van der Waals surface area contributed by atoms with Gasteiger partial charge in [0.25, 0.3) is 20.2 Å². The summed E-state index contributed by atoms with van der Waals surface area (Å²) in [5.74, 6) is -1.39. The summed E-state index contributed by atoms with van der Waals surface area (Å²) in [5.41, 5.74) is 10.1. The van der Waals surface area contributed by atoms with Gasteiger partial charge in [-0.15, -0.1) is 0 Å². The van der Waals surface area contributed by atoms with Crippen LogP contribution < -0.4 is 100 Å². The molecule has 1 atom stereocenters. The Labute approximate surface area is 225 Å². The fraction of sp³-hybridized carbons (Fsp3) is 0.286. The molecule has 0 aliphatic heterocycles. The Morgan fingerprint density at radius 2 is 1.44 bits per heavy atom. The van der Waals surface area contributed by atoms with Crippen molar-refractivity contribution >= 4 is 26.3 Å². The maximum Gasteiger partial charge on any atom is 1.00 e. The van der Waals surface area contributed by atoms with E-state index in [1.54, 1.807) is 30.3 Å². The zero-order valence-electron chi connectivity index (χ0n) is 15.5. The summed E-state index contributed by atoms with van der Waals surface area (Å²) in [6, 6.07) is 8.67. The molecule has 0 fully saturated rings. The minimum absolute atomic E-state index is 0. The largest absolute Gasteiger partial charge is 1.00 e. The molecule has 6 N–H and O–H groups in total. The Balaban J connectivity index is 0. The van der Waals surface area contributed by atoms with Gasteiger partial charge in [-0.2, -0.15) is 16.8 Å². The molecule has 8 nitrogen and oxygen atoms in total. The molecule has 0 amide bonds. The maximum atomic E-state index is 11.9. The van der Waals surface area contributed by atoms with Gasteiger partial charge in [0.05, 0.1) is 5.66 Å². The summed E-state index contributed by atoms with van der Waals surface area (Å²) >= 11 is 0. The smallest absolute Gasteiger partial charge is 0.310 e. The molecule has 1 aromatic rings. The number of allylic oxidation sites excluding steroid dienone is 2. The molecule has 0 radical (unpaired) electrons. The van der Waals surface area contributed by atoms with Gasteiger partial charge >= 0.3 is 88.7 Å². The Morgan fingerprint density at radius 3 is 1.89 bits per heavy atom. The van der Waals surface area contributed by atoms with Crippen molar-refractivity contribution in [2.75, 3.05) is 0 Å². The number of nitrogens with two attached hydrogens (primary N) is 2. The van der Waals surface area contributed by atoms with Gasteiger partial charge in [-0.05, 0) is 5.56 Å². The van der Waals surface area contributed by atoms with E-state index < -0.39 is 42.3 Å². The third kappa shape index (κ3) is 6.98. The first-order chi connectivity index (χ1) is 10.9. The van der Waals surface area contributed by atoms with E-state index >= 15 is 0 Å². The predicted octanol–water partition coefficient (Wildman–Crippen LogP) is -8.63. The Hall–Kier alpha value is 1.44. The van der Waals surface area contributed by atoms with E-state index in [2.05, 4.69) is 0 Å². The standard InChI is InChI=1S/C14H18N2O6S2.3Na/c15-13(16)9-8-12(7-6-11-4-2-1-3-5-11)14(10-13,23(17,18)19)24(20,21)22;;;/h1-9,12H,10,15-16H2,(H,17,18,19)(H,20,21,22);;;/q;3*+1. The van der Waals surface area contributed by atoms with Crippen molar-refractivity contribution in [3.63, 3.8) is 0 Å². The Bertz CT molecular complexity index is 855. The van der Waals surface area contributed by atoms with E-state index in [0.717, 1.165) is 6.08 Å². The van der Waals surface area contributed by atoms with Crippen LogP contribution in [0.3, 0.4) is 0 Å². The van der Waals surface area contributed by atoms with Crippen LogP contribution in [0.4, 0.5) is 0 Å². The fourth-order valence-corrected chi connectivity index (χ4v) is 5.61. The van der Waals surface area contributed by atoms with E-state index in [1.165, 1.54) is 18.2 Å². The van der Waals surface area contributed by atoms with Crippen LogP contribution in [0.1, 0.15) is 12.0 Å². The van der Waals surface area contributed by atoms with Gasteiger partial charge < -0.3 is 11.5 Å². The van der Waals surface area contributed by atoms with Crippen molar-refractivity contribution in [3.8, 4) is 0 Å². The second-order valence-electron chi connectivity index (χ2n) is 5.71. The molecule has 0 spiro atoms. The molecule has 1 aliphatic carbocycles. The van der Waals surface area contributed by atoms with Gasteiger partial charge in [0, 0.05) is 12.3 Å². The monoisotopic (exact) mass is 443 g/mol. The fourth-order valence-electron chi connectivity index (χ4n) is 2.68. The normalized spacial score (nSPS) is 20.8. The van der Waals surface area contributed by atoms with Crippen molar-refractivity contribution in [2.45, 2.75) is 16.2 Å². The summed E-state index contributed by atoms with van der Waals surface area (Å²) in [7, 11) is -10.5. The summed E-state index contributed by atoms with van der Waals surface area (Å²) in [5, 5.41) is 0. The molecule has 0 saturated carbocycles. The molecule has 0 bridgehead atoms. The van der Waals surface area contributed by atoms with Gasteiger partial charge in [-0.3, -0.25) is 9.11 Å². The molecular formula is C14H18N2Na3O6S2+3. The van der Waals surface area contributed by atoms with Crippen LogP contribution in [-0.4, -0.2) is 35.7 Å². The maximum absolute atomic E-state index is 11.9. The zero-order chi connectivity index (χ0) is 18.2. The quantitative estimate of drug-likeness (QED) is 0.154. The topological polar surface area (TPSA) is 161 Å². The molecule has 0 aromatic heterocycles. The first-order valence-electron chi connectivity index (χ1n) is 6.83. The van der Waals surface area contributed by atoms with Crippen LogP contribution in [0.5, 0.6) is 0 Å². The molecule has 0 saturated heterocycles. The number of hydrogen-bond donors (Lipinski definition) is 4. The van der Waals surface area contributed by atoms with Crippen LogP contribution in [0.15, 0.2) is 48.6 Å². The van der Waals surface area contributed by atoms with Crippen molar-refractivity contribution in [1.82, 2.24) is 0 Å². The van der Waals surface area contributed by atoms with Gasteiger partial charge in [0.1, 0.15) is 0 Å². The van der Waals surface area contributed by atoms with Crippen LogP contribution in [0.25, 0.3) is 6.08 Å². The van der Waals surface area contributed by atoms with Crippen molar-refractivity contribution in [3.05, 3.63) is 54.1 Å². The number of hydrogen-bond acceptors (Lipinski definition) is 6. The molecule has 2 rings (SSSR count). The predicted molar refractivity (Wildman–Crippen MR) is 89.7 cm³/mol. The van der Waals surface area contributed by atoms with Crippen LogP contribution in [-0.2, 0) is 20.2 Å². The Kier molecular flexibility index (Phi) is 12.7. The molecule has 132 valence electrons. The van der Waals surface area contributed by atoms with E-state index in [9.17, 15) is 25.9 Å². The van der Waals surface area contributed by atoms with E-state index in [0.29, 0.717) is 5.56 Å². The van der Waals surface area contributed by atoms with Crippen LogP contribution >= 0.6 is 0 Å². The zero-order valence-corrected chi connectivity index (χ0v) is 23.1. The van der Waals surface area contributed by atoms with Crippen molar-refractivity contribution in [1.29, 1.82) is 0 Å². The van der Waals surface area contributed by atoms with E-state index in [4.69, 9.17) is 11.5 Å². The first kappa shape index (κ1) is 30.6. The van der Waals surface area contributed by atoms with E-state index in [-0.39, 0.29) is 88.7 Å². The minimum atomic E-state index is -5.27. The average Bonchev–Trinajstić information content (AvgIpc) is 2.44. The SMILES string of the molecule is NC1(N)C=CC(C=Cc2ccccc2)C(S(=O)(=O)O)(S(=O)(=O)O)C1.[Na+].[Na+].[Na+]. The summed E-state index contributed by atoms with van der Waals surface area (Å²) in [6.45, 7) is 0. The van der Waals surface area contributed by atoms with Gasteiger partial charge in [-0.25, -0.2) is 0 Å². The second-order valence-corrected chi connectivity index (χ2v) is 9.32. The third-order valence-corrected chi connectivity index (χ3v) is 7.69. The minimum Gasteiger partial charge on any atom is -0.310 e. The summed E-state index contributed by atoms with van der Waals surface area (Å²) < 4.78 is 63.8. The summed E-state index contributed by atoms with van der Waals surface area (Å²) in [4.78, 5) is 0. The van der Waals surface area contributed by atoms with Gasteiger partial charge in [0.15, 0.2) is 0 Å². The second kappa shape index (κ2) is 11.2. The van der Waals surface area contributed by atoms with Crippen molar-refractivity contribution < 1.29 is 115 Å². The van der Waals surface area contributed by atoms with Gasteiger partial charge in [0.2, 0.25) is 4.08 Å². The van der Waals surface area contributed by atoms with E-state index in [1.807, 2.05) is 0 Å². The van der Waals surface area contributed by atoms with Crippen LogP contribution in [0, 0.1) is 5.92 Å². The first-order valence-corrected chi connectivity index (χ1v) is 9.71. The molecule has 1 aromatic carbocycles. The number of benzene rings is 1. The molecule has 13 heteroatoms. The van der Waals surface area contributed by atoms with Gasteiger partial charge in [-0.1, -0.05) is 54.6 Å².